The van der Waals surface area contributed by atoms with Crippen molar-refractivity contribution in [3.8, 4) is 0 Å². The highest BCUT2D eigenvalue weighted by Crippen LogP contribution is 2.31. The topological polar surface area (TPSA) is 80.7 Å². The predicted molar refractivity (Wildman–Crippen MR) is 54.8 cm³/mol. The first-order valence-electron chi connectivity index (χ1n) is 5.18. The molecule has 1 heterocycles. The standard InChI is InChI=1S/C9H13F3O5S/c1-5-7(2-3-17-5)18(15,16)4-6(8(13)14)9(10,11)12/h5-7H,2-4H2,1H3,(H,13,14). The molecule has 1 fully saturated rings. The molecule has 3 unspecified atom stereocenters. The average Bonchev–Trinajstić information content (AvgIpc) is 2.59. The summed E-state index contributed by atoms with van der Waals surface area (Å²) in [6.45, 7) is 1.59. The number of carboxylic acid groups (broad SMARTS) is 1. The first-order valence-corrected chi connectivity index (χ1v) is 6.90. The molecule has 0 aliphatic carbocycles. The van der Waals surface area contributed by atoms with Gasteiger partial charge in [0.1, 0.15) is 0 Å². The van der Waals surface area contributed by atoms with Gasteiger partial charge in [-0.3, -0.25) is 4.79 Å². The number of carboxylic acids is 1. The quantitative estimate of drug-likeness (QED) is 0.830. The number of hydrogen-bond acceptors (Lipinski definition) is 4. The molecule has 1 aliphatic rings. The molecule has 0 bridgehead atoms. The van der Waals surface area contributed by atoms with Crippen LogP contribution in [0.1, 0.15) is 13.3 Å². The second-order valence-electron chi connectivity index (χ2n) is 4.16. The van der Waals surface area contributed by atoms with E-state index in [9.17, 15) is 26.4 Å². The van der Waals surface area contributed by atoms with E-state index < -0.39 is 45.0 Å². The zero-order valence-electron chi connectivity index (χ0n) is 9.48. The summed E-state index contributed by atoms with van der Waals surface area (Å²) < 4.78 is 65.7. The van der Waals surface area contributed by atoms with Crippen LogP contribution in [0.15, 0.2) is 0 Å². The van der Waals surface area contributed by atoms with Crippen LogP contribution >= 0.6 is 0 Å². The molecule has 0 radical (unpaired) electrons. The zero-order chi connectivity index (χ0) is 14.1. The minimum atomic E-state index is -5.08. The Kier molecular flexibility index (Phi) is 4.26. The van der Waals surface area contributed by atoms with Crippen LogP contribution in [-0.2, 0) is 19.4 Å². The van der Waals surface area contributed by atoms with Gasteiger partial charge in [-0.2, -0.15) is 13.2 Å². The van der Waals surface area contributed by atoms with Crippen LogP contribution in [0.3, 0.4) is 0 Å². The number of aliphatic carboxylic acids is 1. The fourth-order valence-corrected chi connectivity index (χ4v) is 4.01. The number of hydrogen-bond donors (Lipinski definition) is 1. The number of carbonyl (C=O) groups is 1. The Balaban J connectivity index is 2.90. The van der Waals surface area contributed by atoms with Crippen LogP contribution in [-0.4, -0.2) is 49.4 Å². The van der Waals surface area contributed by atoms with E-state index in [4.69, 9.17) is 9.84 Å². The van der Waals surface area contributed by atoms with Crippen molar-refractivity contribution in [3.63, 3.8) is 0 Å². The summed E-state index contributed by atoms with van der Waals surface area (Å²) in [5.74, 6) is -6.52. The third-order valence-electron chi connectivity index (χ3n) is 2.86. The Morgan fingerprint density at radius 2 is 2.06 bits per heavy atom. The molecule has 1 saturated heterocycles. The van der Waals surface area contributed by atoms with Crippen molar-refractivity contribution in [2.24, 2.45) is 5.92 Å². The maximum atomic E-state index is 12.4. The highest BCUT2D eigenvalue weighted by molar-refractivity contribution is 7.92. The molecule has 1 N–H and O–H groups in total. The summed E-state index contributed by atoms with van der Waals surface area (Å²) in [4.78, 5) is 10.5. The van der Waals surface area contributed by atoms with Crippen molar-refractivity contribution in [2.75, 3.05) is 12.4 Å². The van der Waals surface area contributed by atoms with Gasteiger partial charge in [0, 0.05) is 6.61 Å². The molecular weight excluding hydrogens is 277 g/mol. The number of ether oxygens (including phenoxy) is 1. The van der Waals surface area contributed by atoms with Crippen LogP contribution in [0.4, 0.5) is 13.2 Å². The number of rotatable bonds is 4. The third kappa shape index (κ3) is 3.35. The van der Waals surface area contributed by atoms with Crippen molar-refractivity contribution in [1.82, 2.24) is 0 Å². The molecule has 0 saturated carbocycles. The van der Waals surface area contributed by atoms with Gasteiger partial charge < -0.3 is 9.84 Å². The highest BCUT2D eigenvalue weighted by Gasteiger charge is 2.49. The molecule has 0 amide bonds. The molecule has 1 aliphatic heterocycles. The molecule has 0 aromatic carbocycles. The summed E-state index contributed by atoms with van der Waals surface area (Å²) in [6, 6.07) is 0. The lowest BCUT2D eigenvalue weighted by atomic mass is 10.2. The van der Waals surface area contributed by atoms with Crippen LogP contribution < -0.4 is 0 Å². The van der Waals surface area contributed by atoms with Gasteiger partial charge in [0.15, 0.2) is 15.8 Å². The molecule has 5 nitrogen and oxygen atoms in total. The van der Waals surface area contributed by atoms with Gasteiger partial charge in [0.05, 0.1) is 17.1 Å². The molecular formula is C9H13F3O5S. The molecule has 0 aromatic heterocycles. The lowest BCUT2D eigenvalue weighted by Crippen LogP contribution is -2.41. The lowest BCUT2D eigenvalue weighted by molar-refractivity contribution is -0.189. The van der Waals surface area contributed by atoms with E-state index in [1.54, 1.807) is 0 Å². The molecule has 1 rings (SSSR count). The first kappa shape index (κ1) is 15.2. The van der Waals surface area contributed by atoms with Gasteiger partial charge in [0.2, 0.25) is 0 Å². The van der Waals surface area contributed by atoms with E-state index in [1.165, 1.54) is 6.92 Å². The predicted octanol–water partition coefficient (Wildman–Crippen LogP) is 0.842. The smallest absolute Gasteiger partial charge is 0.403 e. The minimum Gasteiger partial charge on any atom is -0.481 e. The van der Waals surface area contributed by atoms with E-state index in [-0.39, 0.29) is 13.0 Å². The van der Waals surface area contributed by atoms with E-state index in [0.717, 1.165) is 0 Å². The maximum Gasteiger partial charge on any atom is 0.403 e. The monoisotopic (exact) mass is 290 g/mol. The Morgan fingerprint density at radius 1 is 1.50 bits per heavy atom. The fourth-order valence-electron chi connectivity index (χ4n) is 1.85. The van der Waals surface area contributed by atoms with Crippen molar-refractivity contribution >= 4 is 15.8 Å². The van der Waals surface area contributed by atoms with Crippen molar-refractivity contribution in [1.29, 1.82) is 0 Å². The third-order valence-corrected chi connectivity index (χ3v) is 5.20. The molecule has 0 spiro atoms. The lowest BCUT2D eigenvalue weighted by Gasteiger charge is -2.20. The van der Waals surface area contributed by atoms with E-state index in [2.05, 4.69) is 0 Å². The zero-order valence-corrected chi connectivity index (χ0v) is 10.3. The van der Waals surface area contributed by atoms with Gasteiger partial charge in [-0.25, -0.2) is 8.42 Å². The first-order chi connectivity index (χ1) is 8.05. The summed E-state index contributed by atoms with van der Waals surface area (Å²) in [5, 5.41) is 7.40. The average molecular weight is 290 g/mol. The van der Waals surface area contributed by atoms with Gasteiger partial charge >= 0.3 is 12.1 Å². The summed E-state index contributed by atoms with van der Waals surface area (Å²) in [7, 11) is -4.16. The van der Waals surface area contributed by atoms with Crippen LogP contribution in [0, 0.1) is 5.92 Å². The molecule has 0 aromatic rings. The summed E-state index contributed by atoms with van der Waals surface area (Å²) >= 11 is 0. The van der Waals surface area contributed by atoms with Gasteiger partial charge in [0.25, 0.3) is 0 Å². The second kappa shape index (κ2) is 5.04. The van der Waals surface area contributed by atoms with E-state index in [1.807, 2.05) is 0 Å². The largest absolute Gasteiger partial charge is 0.481 e. The maximum absolute atomic E-state index is 12.4. The Labute approximate surface area is 102 Å². The number of alkyl halides is 3. The number of sulfone groups is 1. The summed E-state index contributed by atoms with van der Waals surface area (Å²) in [6.07, 6.45) is -5.70. The van der Waals surface area contributed by atoms with Crippen LogP contribution in [0.2, 0.25) is 0 Å². The Bertz CT molecular complexity index is 416. The summed E-state index contributed by atoms with van der Waals surface area (Å²) in [5.41, 5.74) is 0. The van der Waals surface area contributed by atoms with Crippen LogP contribution in [0.5, 0.6) is 0 Å². The highest BCUT2D eigenvalue weighted by atomic mass is 32.2. The van der Waals surface area contributed by atoms with E-state index >= 15 is 0 Å². The van der Waals surface area contributed by atoms with Crippen molar-refractivity contribution in [3.05, 3.63) is 0 Å². The Morgan fingerprint density at radius 3 is 2.39 bits per heavy atom. The fraction of sp³-hybridized carbons (Fsp3) is 0.889. The van der Waals surface area contributed by atoms with Crippen LogP contribution in [0.25, 0.3) is 0 Å². The minimum absolute atomic E-state index is 0.0910. The molecule has 18 heavy (non-hydrogen) atoms. The van der Waals surface area contributed by atoms with Gasteiger partial charge in [-0.05, 0) is 13.3 Å². The molecule has 3 atom stereocenters. The van der Waals surface area contributed by atoms with E-state index in [0.29, 0.717) is 0 Å². The number of halogens is 3. The second-order valence-corrected chi connectivity index (χ2v) is 6.43. The van der Waals surface area contributed by atoms with Gasteiger partial charge in [-0.1, -0.05) is 0 Å². The molecule has 9 heteroatoms. The normalized spacial score (nSPS) is 27.1. The van der Waals surface area contributed by atoms with Crippen molar-refractivity contribution in [2.45, 2.75) is 30.9 Å². The Hall–Kier alpha value is -0.830. The van der Waals surface area contributed by atoms with Gasteiger partial charge in [-0.15, -0.1) is 0 Å². The van der Waals surface area contributed by atoms with Crippen molar-refractivity contribution < 1.29 is 36.2 Å². The molecule has 106 valence electrons. The SMILES string of the molecule is CC1OCCC1S(=O)(=O)CC(C(=O)O)C(F)(F)F.